The predicted octanol–water partition coefficient (Wildman–Crippen LogP) is 3.59. The first-order chi connectivity index (χ1) is 17.2. The SMILES string of the molecule is O=C(N[C@@H](Cc1ccccc1)C(=O)Nc1ccc(S(=O)(=O)NC2(CF)CC2)cc1)c1ccc(F)cc1. The summed E-state index contributed by atoms with van der Waals surface area (Å²) in [5, 5.41) is 5.37. The minimum absolute atomic E-state index is 0.0503. The summed E-state index contributed by atoms with van der Waals surface area (Å²) in [5.74, 6) is -1.54. The van der Waals surface area contributed by atoms with Crippen LogP contribution >= 0.6 is 0 Å². The number of hydrogen-bond acceptors (Lipinski definition) is 4. The molecule has 10 heteroatoms. The number of carbonyl (C=O) groups excluding carboxylic acids is 2. The van der Waals surface area contributed by atoms with E-state index in [2.05, 4.69) is 15.4 Å². The number of nitrogens with one attached hydrogen (secondary N) is 3. The van der Waals surface area contributed by atoms with E-state index in [0.29, 0.717) is 18.5 Å². The fourth-order valence-electron chi connectivity index (χ4n) is 3.61. The van der Waals surface area contributed by atoms with Crippen molar-refractivity contribution < 1.29 is 26.8 Å². The fraction of sp³-hybridized carbons (Fsp3) is 0.231. The van der Waals surface area contributed by atoms with Gasteiger partial charge in [0.2, 0.25) is 15.9 Å². The third kappa shape index (κ3) is 6.32. The Bertz CT molecular complexity index is 1330. The van der Waals surface area contributed by atoms with Gasteiger partial charge in [0.25, 0.3) is 5.91 Å². The smallest absolute Gasteiger partial charge is 0.251 e. The molecule has 0 bridgehead atoms. The molecule has 4 rings (SSSR count). The van der Waals surface area contributed by atoms with E-state index in [4.69, 9.17) is 0 Å². The lowest BCUT2D eigenvalue weighted by atomic mass is 10.0. The summed E-state index contributed by atoms with van der Waals surface area (Å²) in [6.07, 6.45) is 1.09. The summed E-state index contributed by atoms with van der Waals surface area (Å²) in [5.41, 5.74) is 0.316. The van der Waals surface area contributed by atoms with Crippen molar-refractivity contribution in [3.63, 3.8) is 0 Å². The lowest BCUT2D eigenvalue weighted by molar-refractivity contribution is -0.118. The van der Waals surface area contributed by atoms with Crippen molar-refractivity contribution in [2.45, 2.75) is 35.7 Å². The van der Waals surface area contributed by atoms with Gasteiger partial charge in [-0.2, -0.15) is 0 Å². The lowest BCUT2D eigenvalue weighted by Crippen LogP contribution is -2.45. The maximum absolute atomic E-state index is 13.2. The van der Waals surface area contributed by atoms with Gasteiger partial charge in [0.05, 0.1) is 10.4 Å². The molecule has 36 heavy (non-hydrogen) atoms. The molecule has 1 fully saturated rings. The summed E-state index contributed by atoms with van der Waals surface area (Å²) in [6.45, 7) is -0.771. The lowest BCUT2D eigenvalue weighted by Gasteiger charge is -2.19. The third-order valence-corrected chi connectivity index (χ3v) is 7.50. The molecule has 7 nitrogen and oxygen atoms in total. The van der Waals surface area contributed by atoms with Gasteiger partial charge in [0, 0.05) is 17.7 Å². The quantitative estimate of drug-likeness (QED) is 0.385. The molecule has 1 saturated carbocycles. The van der Waals surface area contributed by atoms with Gasteiger partial charge >= 0.3 is 0 Å². The van der Waals surface area contributed by atoms with Crippen LogP contribution in [0.3, 0.4) is 0 Å². The molecule has 0 heterocycles. The molecule has 3 aromatic rings. The number of hydrogen-bond donors (Lipinski definition) is 3. The van der Waals surface area contributed by atoms with Gasteiger partial charge in [-0.3, -0.25) is 9.59 Å². The van der Waals surface area contributed by atoms with Crippen molar-refractivity contribution in [3.8, 4) is 0 Å². The Hall–Kier alpha value is -3.63. The van der Waals surface area contributed by atoms with Gasteiger partial charge in [-0.15, -0.1) is 0 Å². The number of carbonyl (C=O) groups is 2. The Balaban J connectivity index is 1.47. The van der Waals surface area contributed by atoms with Crippen LogP contribution in [0.5, 0.6) is 0 Å². The van der Waals surface area contributed by atoms with Crippen LogP contribution in [0.25, 0.3) is 0 Å². The summed E-state index contributed by atoms with van der Waals surface area (Å²) in [7, 11) is -3.91. The van der Waals surface area contributed by atoms with Crippen molar-refractivity contribution in [1.29, 1.82) is 0 Å². The molecule has 1 aliphatic carbocycles. The molecule has 3 N–H and O–H groups in total. The van der Waals surface area contributed by atoms with Crippen molar-refractivity contribution in [2.24, 2.45) is 0 Å². The first kappa shape index (κ1) is 25.5. The number of alkyl halides is 1. The molecule has 1 aliphatic rings. The zero-order chi connectivity index (χ0) is 25.8. The minimum atomic E-state index is -3.91. The molecule has 0 aromatic heterocycles. The Kier molecular flexibility index (Phi) is 7.46. The van der Waals surface area contributed by atoms with Gasteiger partial charge in [-0.25, -0.2) is 21.9 Å². The maximum atomic E-state index is 13.2. The predicted molar refractivity (Wildman–Crippen MR) is 131 cm³/mol. The highest BCUT2D eigenvalue weighted by Crippen LogP contribution is 2.37. The second-order valence-corrected chi connectivity index (χ2v) is 10.4. The van der Waals surface area contributed by atoms with Gasteiger partial charge in [0.1, 0.15) is 18.5 Å². The van der Waals surface area contributed by atoms with E-state index in [0.717, 1.165) is 17.7 Å². The molecule has 188 valence electrons. The largest absolute Gasteiger partial charge is 0.340 e. The average Bonchev–Trinajstić information content (AvgIpc) is 3.64. The zero-order valence-corrected chi connectivity index (χ0v) is 20.0. The van der Waals surface area contributed by atoms with Crippen molar-refractivity contribution >= 4 is 27.5 Å². The summed E-state index contributed by atoms with van der Waals surface area (Å²) in [4.78, 5) is 25.7. The second kappa shape index (κ2) is 10.5. The van der Waals surface area contributed by atoms with Crippen LogP contribution in [0.2, 0.25) is 0 Å². The Morgan fingerprint density at radius 3 is 2.14 bits per heavy atom. The number of amides is 2. The van der Waals surface area contributed by atoms with E-state index in [9.17, 15) is 26.8 Å². The van der Waals surface area contributed by atoms with E-state index in [1.807, 2.05) is 30.3 Å². The molecule has 3 aromatic carbocycles. The van der Waals surface area contributed by atoms with Crippen LogP contribution in [-0.2, 0) is 21.2 Å². The monoisotopic (exact) mass is 513 g/mol. The molecule has 1 atom stereocenters. The highest BCUT2D eigenvalue weighted by atomic mass is 32.2. The van der Waals surface area contributed by atoms with Crippen LogP contribution in [0.1, 0.15) is 28.8 Å². The van der Waals surface area contributed by atoms with Gasteiger partial charge in [-0.1, -0.05) is 30.3 Å². The number of benzene rings is 3. The van der Waals surface area contributed by atoms with Crippen LogP contribution in [0.4, 0.5) is 14.5 Å². The van der Waals surface area contributed by atoms with Gasteiger partial charge < -0.3 is 10.6 Å². The van der Waals surface area contributed by atoms with Crippen molar-refractivity contribution in [1.82, 2.24) is 10.0 Å². The maximum Gasteiger partial charge on any atom is 0.251 e. The second-order valence-electron chi connectivity index (χ2n) is 8.76. The first-order valence-electron chi connectivity index (χ1n) is 11.3. The van der Waals surface area contributed by atoms with Gasteiger partial charge in [0.15, 0.2) is 0 Å². The molecule has 0 saturated heterocycles. The van der Waals surface area contributed by atoms with E-state index in [1.165, 1.54) is 36.4 Å². The molecule has 0 unspecified atom stereocenters. The first-order valence-corrected chi connectivity index (χ1v) is 12.8. The zero-order valence-electron chi connectivity index (χ0n) is 19.2. The standard InChI is InChI=1S/C26H25F2N3O4S/c27-17-26(14-15-26)31-36(34,35)22-12-10-21(11-13-22)29-25(33)23(16-18-4-2-1-3-5-18)30-24(32)19-6-8-20(28)9-7-19/h1-13,23,31H,14-17H2,(H,29,33)(H,30,32)/t23-/m0/s1. The fourth-order valence-corrected chi connectivity index (χ4v) is 5.05. The molecule has 0 spiro atoms. The molecule has 2 amide bonds. The summed E-state index contributed by atoms with van der Waals surface area (Å²) < 4.78 is 53.8. The Morgan fingerprint density at radius 2 is 1.56 bits per heavy atom. The highest BCUT2D eigenvalue weighted by molar-refractivity contribution is 7.89. The number of halogens is 2. The van der Waals surface area contributed by atoms with Crippen molar-refractivity contribution in [2.75, 3.05) is 12.0 Å². The van der Waals surface area contributed by atoms with E-state index < -0.39 is 45.9 Å². The Labute approximate surface area is 208 Å². The molecule has 0 radical (unpaired) electrons. The van der Waals surface area contributed by atoms with Crippen LogP contribution in [-0.4, -0.2) is 38.5 Å². The summed E-state index contributed by atoms with van der Waals surface area (Å²) >= 11 is 0. The highest BCUT2D eigenvalue weighted by Gasteiger charge is 2.46. The van der Waals surface area contributed by atoms with E-state index >= 15 is 0 Å². The Morgan fingerprint density at radius 1 is 0.917 bits per heavy atom. The van der Waals surface area contributed by atoms with Crippen LogP contribution in [0.15, 0.2) is 83.8 Å². The van der Waals surface area contributed by atoms with E-state index in [1.54, 1.807) is 0 Å². The van der Waals surface area contributed by atoms with Crippen LogP contribution < -0.4 is 15.4 Å². The van der Waals surface area contributed by atoms with Crippen molar-refractivity contribution in [3.05, 3.63) is 95.8 Å². The summed E-state index contributed by atoms with van der Waals surface area (Å²) in [6, 6.07) is 18.6. The number of rotatable bonds is 10. The number of sulfonamides is 1. The minimum Gasteiger partial charge on any atom is -0.340 e. The topological polar surface area (TPSA) is 104 Å². The average molecular weight is 514 g/mol. The van der Waals surface area contributed by atoms with E-state index in [-0.39, 0.29) is 16.9 Å². The number of anilines is 1. The normalized spacial score (nSPS) is 15.1. The third-order valence-electron chi connectivity index (χ3n) is 5.90. The molecular formula is C26H25F2N3O4S. The molecular weight excluding hydrogens is 488 g/mol. The molecule has 0 aliphatic heterocycles. The van der Waals surface area contributed by atoms with Crippen LogP contribution in [0, 0.1) is 5.82 Å². The van der Waals surface area contributed by atoms with Gasteiger partial charge in [-0.05, 0) is 66.9 Å².